The molecule has 0 aromatic carbocycles. The van der Waals surface area contributed by atoms with Crippen LogP contribution in [0.25, 0.3) is 0 Å². The number of thiazole rings is 1. The van der Waals surface area contributed by atoms with E-state index in [2.05, 4.69) is 44.2 Å². The number of aromatic nitrogens is 1. The summed E-state index contributed by atoms with van der Waals surface area (Å²) in [6.45, 7) is 11.2. The minimum Gasteiger partial charge on any atom is -0.316 e. The fourth-order valence-corrected chi connectivity index (χ4v) is 3.17. The van der Waals surface area contributed by atoms with Crippen molar-refractivity contribution in [3.8, 4) is 0 Å². The van der Waals surface area contributed by atoms with E-state index in [9.17, 15) is 0 Å². The fourth-order valence-electron chi connectivity index (χ4n) is 2.20. The molecule has 1 N–H and O–H groups in total. The maximum Gasteiger partial charge on any atom is 0.0896 e. The number of nitrogens with one attached hydrogen (secondary N) is 1. The Morgan fingerprint density at radius 1 is 1.29 bits per heavy atom. The molecule has 0 aliphatic heterocycles. The molecule has 0 fully saturated rings. The molecule has 0 spiro atoms. The smallest absolute Gasteiger partial charge is 0.0896 e. The Kier molecular flexibility index (Phi) is 6.14. The molecule has 0 bridgehead atoms. The second kappa shape index (κ2) is 7.12. The molecular weight excluding hydrogens is 228 g/mol. The van der Waals surface area contributed by atoms with E-state index in [1.54, 1.807) is 0 Å². The van der Waals surface area contributed by atoms with E-state index in [1.165, 1.54) is 35.6 Å². The van der Waals surface area contributed by atoms with Gasteiger partial charge in [-0.05, 0) is 44.6 Å². The van der Waals surface area contributed by atoms with E-state index < -0.39 is 0 Å². The van der Waals surface area contributed by atoms with Crippen molar-refractivity contribution < 1.29 is 0 Å². The van der Waals surface area contributed by atoms with Crippen molar-refractivity contribution in [2.45, 2.75) is 53.4 Å². The predicted molar refractivity (Wildman–Crippen MR) is 76.7 cm³/mol. The summed E-state index contributed by atoms with van der Waals surface area (Å²) in [5.74, 6) is 0. The molecule has 1 aromatic heterocycles. The third-order valence-corrected chi connectivity index (χ3v) is 4.56. The van der Waals surface area contributed by atoms with Crippen LogP contribution < -0.4 is 5.32 Å². The predicted octanol–water partition coefficient (Wildman–Crippen LogP) is 3.80. The zero-order chi connectivity index (χ0) is 12.7. The average Bonchev–Trinajstić information content (AvgIpc) is 2.73. The number of hydrogen-bond donors (Lipinski definition) is 1. The number of rotatable bonds is 8. The number of hydrogen-bond acceptors (Lipinski definition) is 3. The molecule has 0 radical (unpaired) electrons. The quantitative estimate of drug-likeness (QED) is 0.714. The molecule has 2 nitrogen and oxygen atoms in total. The topological polar surface area (TPSA) is 24.9 Å². The Labute approximate surface area is 110 Å². The lowest BCUT2D eigenvalue weighted by Gasteiger charge is -2.31. The van der Waals surface area contributed by atoms with Gasteiger partial charge in [0.05, 0.1) is 5.01 Å². The molecule has 0 aliphatic rings. The highest BCUT2D eigenvalue weighted by atomic mass is 32.1. The van der Waals surface area contributed by atoms with Crippen LogP contribution >= 0.6 is 11.3 Å². The molecule has 17 heavy (non-hydrogen) atoms. The van der Waals surface area contributed by atoms with Crippen LogP contribution in [0.2, 0.25) is 0 Å². The zero-order valence-corrected chi connectivity index (χ0v) is 12.5. The highest BCUT2D eigenvalue weighted by molar-refractivity contribution is 7.11. The van der Waals surface area contributed by atoms with Crippen LogP contribution in [0, 0.1) is 12.3 Å². The summed E-state index contributed by atoms with van der Waals surface area (Å²) in [7, 11) is 0. The van der Waals surface area contributed by atoms with Crippen LogP contribution in [0.4, 0.5) is 0 Å². The first kappa shape index (κ1) is 14.7. The SMILES string of the molecule is CCCNCC(CC)(CC)Cc1cnc(C)s1. The van der Waals surface area contributed by atoms with Gasteiger partial charge in [0.1, 0.15) is 0 Å². The molecule has 1 heterocycles. The molecular formula is C14H26N2S. The summed E-state index contributed by atoms with van der Waals surface area (Å²) in [6.07, 6.45) is 6.90. The lowest BCUT2D eigenvalue weighted by Crippen LogP contribution is -2.35. The Bertz CT molecular complexity index is 316. The van der Waals surface area contributed by atoms with E-state index >= 15 is 0 Å². The summed E-state index contributed by atoms with van der Waals surface area (Å²) in [5.41, 5.74) is 0.411. The summed E-state index contributed by atoms with van der Waals surface area (Å²) < 4.78 is 0. The first-order chi connectivity index (χ1) is 8.15. The molecule has 0 saturated heterocycles. The van der Waals surface area contributed by atoms with E-state index in [0.717, 1.165) is 13.1 Å². The van der Waals surface area contributed by atoms with Crippen molar-refractivity contribution in [2.24, 2.45) is 5.41 Å². The third kappa shape index (κ3) is 4.40. The Hall–Kier alpha value is -0.410. The van der Waals surface area contributed by atoms with Crippen molar-refractivity contribution in [3.63, 3.8) is 0 Å². The van der Waals surface area contributed by atoms with Crippen LogP contribution in [0.15, 0.2) is 6.20 Å². The molecule has 98 valence electrons. The van der Waals surface area contributed by atoms with Gasteiger partial charge >= 0.3 is 0 Å². The van der Waals surface area contributed by atoms with Crippen LogP contribution in [-0.2, 0) is 6.42 Å². The monoisotopic (exact) mass is 254 g/mol. The van der Waals surface area contributed by atoms with Gasteiger partial charge in [0, 0.05) is 17.6 Å². The van der Waals surface area contributed by atoms with Crippen LogP contribution in [-0.4, -0.2) is 18.1 Å². The lowest BCUT2D eigenvalue weighted by molar-refractivity contribution is 0.248. The molecule has 0 aliphatic carbocycles. The number of aryl methyl sites for hydroxylation is 1. The van der Waals surface area contributed by atoms with Crippen molar-refractivity contribution in [1.82, 2.24) is 10.3 Å². The molecule has 1 aromatic rings. The van der Waals surface area contributed by atoms with E-state index in [1.807, 2.05) is 11.3 Å². The van der Waals surface area contributed by atoms with E-state index in [4.69, 9.17) is 0 Å². The first-order valence-corrected chi connectivity index (χ1v) is 7.59. The minimum atomic E-state index is 0.411. The first-order valence-electron chi connectivity index (χ1n) is 6.77. The van der Waals surface area contributed by atoms with Gasteiger partial charge in [0.25, 0.3) is 0 Å². The molecule has 0 unspecified atom stereocenters. The van der Waals surface area contributed by atoms with E-state index in [-0.39, 0.29) is 0 Å². The van der Waals surface area contributed by atoms with Gasteiger partial charge < -0.3 is 5.32 Å². The third-order valence-electron chi connectivity index (χ3n) is 3.65. The van der Waals surface area contributed by atoms with Crippen molar-refractivity contribution in [2.75, 3.05) is 13.1 Å². The van der Waals surface area contributed by atoms with Crippen LogP contribution in [0.5, 0.6) is 0 Å². The summed E-state index contributed by atoms with van der Waals surface area (Å²) in [4.78, 5) is 5.80. The lowest BCUT2D eigenvalue weighted by atomic mass is 9.78. The van der Waals surface area contributed by atoms with Gasteiger partial charge in [-0.1, -0.05) is 20.8 Å². The Morgan fingerprint density at radius 3 is 2.47 bits per heavy atom. The zero-order valence-electron chi connectivity index (χ0n) is 11.7. The minimum absolute atomic E-state index is 0.411. The molecule has 1 rings (SSSR count). The van der Waals surface area contributed by atoms with Gasteiger partial charge in [0.15, 0.2) is 0 Å². The van der Waals surface area contributed by atoms with Crippen molar-refractivity contribution in [3.05, 3.63) is 16.1 Å². The maximum absolute atomic E-state index is 4.36. The largest absolute Gasteiger partial charge is 0.316 e. The van der Waals surface area contributed by atoms with Gasteiger partial charge in [-0.3, -0.25) is 0 Å². The highest BCUT2D eigenvalue weighted by Crippen LogP contribution is 2.32. The van der Waals surface area contributed by atoms with Crippen LogP contribution in [0.3, 0.4) is 0 Å². The second-order valence-corrected chi connectivity index (χ2v) is 6.23. The van der Waals surface area contributed by atoms with Crippen molar-refractivity contribution >= 4 is 11.3 Å². The molecule has 0 amide bonds. The van der Waals surface area contributed by atoms with Gasteiger partial charge in [-0.25, -0.2) is 4.98 Å². The van der Waals surface area contributed by atoms with E-state index in [0.29, 0.717) is 5.41 Å². The summed E-state index contributed by atoms with van der Waals surface area (Å²) in [5, 5.41) is 4.77. The fraction of sp³-hybridized carbons (Fsp3) is 0.786. The van der Waals surface area contributed by atoms with Gasteiger partial charge in [-0.15, -0.1) is 11.3 Å². The molecule has 0 saturated carbocycles. The Balaban J connectivity index is 2.63. The number of nitrogens with zero attached hydrogens (tertiary/aromatic N) is 1. The Morgan fingerprint density at radius 2 is 2.00 bits per heavy atom. The standard InChI is InChI=1S/C14H26N2S/c1-5-8-15-11-14(6-2,7-3)9-13-10-16-12(4)17-13/h10,15H,5-9,11H2,1-4H3. The van der Waals surface area contributed by atoms with Gasteiger partial charge in [0.2, 0.25) is 0 Å². The molecule has 0 atom stereocenters. The maximum atomic E-state index is 4.36. The highest BCUT2D eigenvalue weighted by Gasteiger charge is 2.26. The second-order valence-electron chi connectivity index (χ2n) is 4.91. The summed E-state index contributed by atoms with van der Waals surface area (Å²) >= 11 is 1.85. The average molecular weight is 254 g/mol. The van der Waals surface area contributed by atoms with Crippen molar-refractivity contribution in [1.29, 1.82) is 0 Å². The normalized spacial score (nSPS) is 12.0. The summed E-state index contributed by atoms with van der Waals surface area (Å²) in [6, 6.07) is 0. The molecule has 3 heteroatoms. The van der Waals surface area contributed by atoms with Crippen LogP contribution in [0.1, 0.15) is 49.9 Å². The van der Waals surface area contributed by atoms with Gasteiger partial charge in [-0.2, -0.15) is 0 Å².